The van der Waals surface area contributed by atoms with Crippen LogP contribution < -0.4 is 11.5 Å². The third-order valence-corrected chi connectivity index (χ3v) is 2.48. The predicted molar refractivity (Wildman–Crippen MR) is 58.6 cm³/mol. The van der Waals surface area contributed by atoms with Gasteiger partial charge in [-0.05, 0) is 24.1 Å². The van der Waals surface area contributed by atoms with Crippen LogP contribution in [0.1, 0.15) is 5.56 Å². The van der Waals surface area contributed by atoms with Crippen LogP contribution in [0.3, 0.4) is 0 Å². The third-order valence-electron chi connectivity index (χ3n) is 2.18. The summed E-state index contributed by atoms with van der Waals surface area (Å²) < 4.78 is 0. The van der Waals surface area contributed by atoms with Crippen molar-refractivity contribution < 1.29 is 9.90 Å². The molecule has 1 amide bonds. The average Bonchev–Trinajstić information content (AvgIpc) is 2.19. The number of benzene rings is 1. The quantitative estimate of drug-likeness (QED) is 0.707. The summed E-state index contributed by atoms with van der Waals surface area (Å²) in [6, 6.07) is 4.77. The van der Waals surface area contributed by atoms with Gasteiger partial charge in [0.15, 0.2) is 0 Å². The summed E-state index contributed by atoms with van der Waals surface area (Å²) in [5, 5.41) is 9.45. The summed E-state index contributed by atoms with van der Waals surface area (Å²) in [6.45, 7) is 0.202. The van der Waals surface area contributed by atoms with E-state index in [9.17, 15) is 9.90 Å². The number of phenols is 1. The fourth-order valence-electron chi connectivity index (χ4n) is 1.26. The molecule has 5 N–H and O–H groups in total. The number of halogens is 1. The lowest BCUT2D eigenvalue weighted by Crippen LogP contribution is -2.31. The molecule has 15 heavy (non-hydrogen) atoms. The number of aromatic hydroxyl groups is 1. The highest BCUT2D eigenvalue weighted by molar-refractivity contribution is 6.32. The van der Waals surface area contributed by atoms with Gasteiger partial charge in [-0.1, -0.05) is 17.7 Å². The van der Waals surface area contributed by atoms with E-state index in [1.807, 2.05) is 0 Å². The second-order valence-electron chi connectivity index (χ2n) is 3.32. The molecule has 0 saturated heterocycles. The Balaban J connectivity index is 2.80. The van der Waals surface area contributed by atoms with E-state index in [4.69, 9.17) is 23.1 Å². The lowest BCUT2D eigenvalue weighted by atomic mass is 9.99. The molecule has 0 aromatic heterocycles. The standard InChI is InChI=1S/C10H13ClN2O2/c11-8-4-6(1-2-9(8)14)3-7(5-12)10(13)15/h1-2,4,7,14H,3,5,12H2,(H2,13,15). The zero-order chi connectivity index (χ0) is 11.4. The zero-order valence-electron chi connectivity index (χ0n) is 8.11. The topological polar surface area (TPSA) is 89.3 Å². The third kappa shape index (κ3) is 3.11. The van der Waals surface area contributed by atoms with Gasteiger partial charge in [0.25, 0.3) is 0 Å². The summed E-state index contributed by atoms with van der Waals surface area (Å²) in [6.07, 6.45) is 0.436. The van der Waals surface area contributed by atoms with Gasteiger partial charge in [-0.15, -0.1) is 0 Å². The van der Waals surface area contributed by atoms with Crippen LogP contribution in [0.15, 0.2) is 18.2 Å². The molecule has 0 fully saturated rings. The largest absolute Gasteiger partial charge is 0.506 e. The summed E-state index contributed by atoms with van der Waals surface area (Å²) in [4.78, 5) is 10.9. The SMILES string of the molecule is NCC(Cc1ccc(O)c(Cl)c1)C(N)=O. The highest BCUT2D eigenvalue weighted by Crippen LogP contribution is 2.24. The van der Waals surface area contributed by atoms with Gasteiger partial charge in [-0.25, -0.2) is 0 Å². The number of phenolic OH excluding ortho intramolecular Hbond substituents is 1. The number of nitrogens with two attached hydrogens (primary N) is 2. The van der Waals surface area contributed by atoms with Gasteiger partial charge >= 0.3 is 0 Å². The van der Waals surface area contributed by atoms with Crippen molar-refractivity contribution in [1.82, 2.24) is 0 Å². The first-order valence-electron chi connectivity index (χ1n) is 4.51. The van der Waals surface area contributed by atoms with E-state index in [0.29, 0.717) is 6.42 Å². The van der Waals surface area contributed by atoms with Crippen LogP contribution in [0.2, 0.25) is 5.02 Å². The maximum Gasteiger partial charge on any atom is 0.222 e. The molecule has 1 aromatic carbocycles. The molecule has 82 valence electrons. The molecule has 0 saturated carbocycles. The molecule has 0 radical (unpaired) electrons. The molecule has 4 nitrogen and oxygen atoms in total. The van der Waals surface area contributed by atoms with E-state index in [1.165, 1.54) is 6.07 Å². The Kier molecular flexibility index (Phi) is 3.94. The van der Waals surface area contributed by atoms with Crippen molar-refractivity contribution in [2.75, 3.05) is 6.54 Å². The van der Waals surface area contributed by atoms with Crippen molar-refractivity contribution in [3.63, 3.8) is 0 Å². The summed E-state index contributed by atoms with van der Waals surface area (Å²) >= 11 is 5.72. The molecule has 0 aliphatic heterocycles. The normalized spacial score (nSPS) is 12.4. The number of amides is 1. The Hall–Kier alpha value is -1.26. The first-order chi connectivity index (χ1) is 7.04. The van der Waals surface area contributed by atoms with E-state index in [0.717, 1.165) is 5.56 Å². The Morgan fingerprint density at radius 2 is 2.20 bits per heavy atom. The Morgan fingerprint density at radius 1 is 1.53 bits per heavy atom. The van der Waals surface area contributed by atoms with Crippen LogP contribution in [-0.2, 0) is 11.2 Å². The Labute approximate surface area is 92.8 Å². The zero-order valence-corrected chi connectivity index (χ0v) is 8.87. The maximum atomic E-state index is 10.9. The first-order valence-corrected chi connectivity index (χ1v) is 4.89. The van der Waals surface area contributed by atoms with E-state index in [1.54, 1.807) is 12.1 Å². The number of rotatable bonds is 4. The predicted octanol–water partition coefficient (Wildman–Crippen LogP) is 0.648. The second-order valence-corrected chi connectivity index (χ2v) is 3.73. The molecular weight excluding hydrogens is 216 g/mol. The fraction of sp³-hybridized carbons (Fsp3) is 0.300. The van der Waals surface area contributed by atoms with Crippen LogP contribution >= 0.6 is 11.6 Å². The number of carbonyl (C=O) groups excluding carboxylic acids is 1. The van der Waals surface area contributed by atoms with Crippen molar-refractivity contribution in [2.24, 2.45) is 17.4 Å². The van der Waals surface area contributed by atoms with Crippen molar-refractivity contribution >= 4 is 17.5 Å². The lowest BCUT2D eigenvalue weighted by Gasteiger charge is -2.10. The van der Waals surface area contributed by atoms with E-state index in [2.05, 4.69) is 0 Å². The van der Waals surface area contributed by atoms with Crippen molar-refractivity contribution in [2.45, 2.75) is 6.42 Å². The molecule has 0 aliphatic rings. The van der Waals surface area contributed by atoms with Crippen LogP contribution in [-0.4, -0.2) is 17.6 Å². The smallest absolute Gasteiger partial charge is 0.222 e. The molecule has 0 bridgehead atoms. The minimum absolute atomic E-state index is 0.0174. The monoisotopic (exact) mass is 228 g/mol. The summed E-state index contributed by atoms with van der Waals surface area (Å²) in [7, 11) is 0. The average molecular weight is 229 g/mol. The second kappa shape index (κ2) is 5.00. The van der Waals surface area contributed by atoms with E-state index in [-0.39, 0.29) is 17.3 Å². The number of primary amides is 1. The van der Waals surface area contributed by atoms with E-state index < -0.39 is 11.8 Å². The van der Waals surface area contributed by atoms with Crippen molar-refractivity contribution in [1.29, 1.82) is 0 Å². The van der Waals surface area contributed by atoms with Crippen LogP contribution in [0.5, 0.6) is 5.75 Å². The van der Waals surface area contributed by atoms with Crippen LogP contribution in [0.4, 0.5) is 0 Å². The molecule has 1 aromatic rings. The molecule has 1 unspecified atom stereocenters. The maximum absolute atomic E-state index is 10.9. The number of hydrogen-bond donors (Lipinski definition) is 3. The Morgan fingerprint density at radius 3 is 2.67 bits per heavy atom. The molecule has 0 spiro atoms. The number of carbonyl (C=O) groups is 1. The van der Waals surface area contributed by atoms with Crippen molar-refractivity contribution in [3.8, 4) is 5.75 Å². The van der Waals surface area contributed by atoms with Crippen molar-refractivity contribution in [3.05, 3.63) is 28.8 Å². The van der Waals surface area contributed by atoms with Gasteiger partial charge in [0, 0.05) is 6.54 Å². The minimum atomic E-state index is -0.429. The van der Waals surface area contributed by atoms with Gasteiger partial charge in [-0.2, -0.15) is 0 Å². The lowest BCUT2D eigenvalue weighted by molar-refractivity contribution is -0.121. The highest BCUT2D eigenvalue weighted by atomic mass is 35.5. The first kappa shape index (κ1) is 11.8. The molecule has 5 heteroatoms. The minimum Gasteiger partial charge on any atom is -0.506 e. The highest BCUT2D eigenvalue weighted by Gasteiger charge is 2.14. The summed E-state index contributed by atoms with van der Waals surface area (Å²) in [5.74, 6) is -0.809. The Bertz CT molecular complexity index is 368. The van der Waals surface area contributed by atoms with Gasteiger partial charge in [-0.3, -0.25) is 4.79 Å². The van der Waals surface area contributed by atoms with Crippen LogP contribution in [0.25, 0.3) is 0 Å². The molecule has 1 rings (SSSR count). The summed E-state index contributed by atoms with van der Waals surface area (Å²) in [5.41, 5.74) is 11.4. The van der Waals surface area contributed by atoms with Gasteiger partial charge in [0.1, 0.15) is 5.75 Å². The molecule has 0 heterocycles. The van der Waals surface area contributed by atoms with Crippen LogP contribution in [0, 0.1) is 5.92 Å². The fourth-order valence-corrected chi connectivity index (χ4v) is 1.47. The molecule has 0 aliphatic carbocycles. The van der Waals surface area contributed by atoms with Gasteiger partial charge in [0.2, 0.25) is 5.91 Å². The van der Waals surface area contributed by atoms with E-state index >= 15 is 0 Å². The molecule has 1 atom stereocenters. The number of hydrogen-bond acceptors (Lipinski definition) is 3. The molecular formula is C10H13ClN2O2. The van der Waals surface area contributed by atoms with Gasteiger partial charge < -0.3 is 16.6 Å². The van der Waals surface area contributed by atoms with Gasteiger partial charge in [0.05, 0.1) is 10.9 Å².